The summed E-state index contributed by atoms with van der Waals surface area (Å²) in [5.74, 6) is -0.417. The third kappa shape index (κ3) is 4.65. The molecule has 0 aliphatic rings. The molecule has 1 rings (SSSR count). The fourth-order valence-electron chi connectivity index (χ4n) is 1.31. The molecule has 1 atom stereocenters. The largest absolute Gasteiger partial charge is 0.453 e. The zero-order chi connectivity index (χ0) is 12.7. The van der Waals surface area contributed by atoms with Gasteiger partial charge >= 0.3 is 6.09 Å². The minimum Gasteiger partial charge on any atom is -0.453 e. The average Bonchev–Trinajstić information content (AvgIpc) is 2.36. The van der Waals surface area contributed by atoms with Crippen LogP contribution in [0.25, 0.3) is 0 Å². The van der Waals surface area contributed by atoms with Crippen LogP contribution in [0.15, 0.2) is 30.3 Å². The predicted molar refractivity (Wildman–Crippen MR) is 63.4 cm³/mol. The Morgan fingerprint density at radius 3 is 2.53 bits per heavy atom. The van der Waals surface area contributed by atoms with Crippen molar-refractivity contribution in [2.45, 2.75) is 13.0 Å². The minimum absolute atomic E-state index is 0.0413. The third-order valence-electron chi connectivity index (χ3n) is 2.30. The summed E-state index contributed by atoms with van der Waals surface area (Å²) in [4.78, 5) is 22.0. The summed E-state index contributed by atoms with van der Waals surface area (Å²) in [5, 5.41) is 5.08. The number of nitrogens with one attached hydrogen (secondary N) is 2. The zero-order valence-corrected chi connectivity index (χ0v) is 9.90. The monoisotopic (exact) mass is 236 g/mol. The van der Waals surface area contributed by atoms with Crippen molar-refractivity contribution in [2.75, 3.05) is 13.7 Å². The van der Waals surface area contributed by atoms with Gasteiger partial charge in [-0.3, -0.25) is 10.1 Å². The lowest BCUT2D eigenvalue weighted by Crippen LogP contribution is -2.38. The van der Waals surface area contributed by atoms with E-state index in [-0.39, 0.29) is 12.6 Å². The lowest BCUT2D eigenvalue weighted by Gasteiger charge is -2.13. The van der Waals surface area contributed by atoms with Crippen molar-refractivity contribution in [3.63, 3.8) is 0 Å². The summed E-state index contributed by atoms with van der Waals surface area (Å²) in [6.07, 6.45) is -0.746. The molecule has 5 nitrogen and oxygen atoms in total. The Labute approximate surface area is 100 Å². The molecule has 1 aromatic rings. The van der Waals surface area contributed by atoms with Crippen molar-refractivity contribution < 1.29 is 14.3 Å². The number of hydrogen-bond donors (Lipinski definition) is 2. The number of imide groups is 1. The minimum atomic E-state index is -0.746. The fourth-order valence-corrected chi connectivity index (χ4v) is 1.31. The molecule has 0 heterocycles. The summed E-state index contributed by atoms with van der Waals surface area (Å²) in [6.45, 7) is 2.01. The maximum absolute atomic E-state index is 11.3. The number of benzene rings is 1. The molecule has 0 radical (unpaired) electrons. The van der Waals surface area contributed by atoms with Crippen molar-refractivity contribution in [2.24, 2.45) is 0 Å². The number of amides is 2. The van der Waals surface area contributed by atoms with E-state index in [1.807, 2.05) is 37.3 Å². The molecular formula is C12H16N2O3. The molecule has 92 valence electrons. The number of carbonyl (C=O) groups excluding carboxylic acids is 2. The molecule has 0 saturated carbocycles. The summed E-state index contributed by atoms with van der Waals surface area (Å²) >= 11 is 0. The van der Waals surface area contributed by atoms with Gasteiger partial charge in [-0.2, -0.15) is 0 Å². The highest BCUT2D eigenvalue weighted by molar-refractivity contribution is 5.92. The molecule has 0 aromatic heterocycles. The standard InChI is InChI=1S/C12H16N2O3/c1-9(10-6-4-3-5-7-10)13-8-11(15)14-12(16)17-2/h3-7,9,13H,8H2,1-2H3,(H,14,15,16)/t9-/m0/s1. The molecule has 2 N–H and O–H groups in total. The molecular weight excluding hydrogens is 220 g/mol. The van der Waals surface area contributed by atoms with Crippen LogP contribution in [-0.4, -0.2) is 25.7 Å². The van der Waals surface area contributed by atoms with Gasteiger partial charge in [0.05, 0.1) is 13.7 Å². The number of methoxy groups -OCH3 is 1. The molecule has 0 aliphatic carbocycles. The van der Waals surface area contributed by atoms with E-state index >= 15 is 0 Å². The first kappa shape index (κ1) is 13.2. The normalized spacial score (nSPS) is 11.6. The molecule has 2 amide bonds. The molecule has 5 heteroatoms. The Hall–Kier alpha value is -1.88. The molecule has 17 heavy (non-hydrogen) atoms. The van der Waals surface area contributed by atoms with Gasteiger partial charge in [-0.15, -0.1) is 0 Å². The Morgan fingerprint density at radius 2 is 1.94 bits per heavy atom. The Kier molecular flexibility index (Phi) is 5.16. The van der Waals surface area contributed by atoms with Crippen molar-refractivity contribution >= 4 is 12.0 Å². The van der Waals surface area contributed by atoms with Gasteiger partial charge in [0, 0.05) is 6.04 Å². The topological polar surface area (TPSA) is 67.4 Å². The van der Waals surface area contributed by atoms with Crippen LogP contribution >= 0.6 is 0 Å². The van der Waals surface area contributed by atoms with Gasteiger partial charge in [-0.1, -0.05) is 30.3 Å². The molecule has 0 bridgehead atoms. The average molecular weight is 236 g/mol. The number of carbonyl (C=O) groups is 2. The van der Waals surface area contributed by atoms with Crippen LogP contribution in [0.3, 0.4) is 0 Å². The van der Waals surface area contributed by atoms with Crippen LogP contribution in [0.2, 0.25) is 0 Å². The second kappa shape index (κ2) is 6.65. The van der Waals surface area contributed by atoms with Gasteiger partial charge < -0.3 is 10.1 Å². The summed E-state index contributed by atoms with van der Waals surface area (Å²) < 4.78 is 4.31. The Bertz CT molecular complexity index is 379. The summed E-state index contributed by atoms with van der Waals surface area (Å²) in [7, 11) is 1.21. The highest BCUT2D eigenvalue weighted by atomic mass is 16.5. The quantitative estimate of drug-likeness (QED) is 0.824. The van der Waals surface area contributed by atoms with E-state index in [1.165, 1.54) is 7.11 Å². The van der Waals surface area contributed by atoms with E-state index in [9.17, 15) is 9.59 Å². The first-order valence-electron chi connectivity index (χ1n) is 5.29. The number of ether oxygens (including phenoxy) is 1. The van der Waals surface area contributed by atoms with E-state index in [0.29, 0.717) is 0 Å². The lowest BCUT2D eigenvalue weighted by atomic mass is 10.1. The summed E-state index contributed by atoms with van der Waals surface area (Å²) in [5.41, 5.74) is 1.08. The first-order chi connectivity index (χ1) is 8.13. The van der Waals surface area contributed by atoms with Gasteiger partial charge in [-0.05, 0) is 12.5 Å². The van der Waals surface area contributed by atoms with Gasteiger partial charge in [0.2, 0.25) is 5.91 Å². The SMILES string of the molecule is COC(=O)NC(=O)CN[C@@H](C)c1ccccc1. The first-order valence-corrected chi connectivity index (χ1v) is 5.29. The molecule has 0 fully saturated rings. The van der Waals surface area contributed by atoms with E-state index in [1.54, 1.807) is 0 Å². The van der Waals surface area contributed by atoms with Gasteiger partial charge in [0.15, 0.2) is 0 Å². The van der Waals surface area contributed by atoms with Crippen LogP contribution in [-0.2, 0) is 9.53 Å². The Morgan fingerprint density at radius 1 is 1.29 bits per heavy atom. The van der Waals surface area contributed by atoms with E-state index < -0.39 is 12.0 Å². The van der Waals surface area contributed by atoms with E-state index in [2.05, 4.69) is 15.4 Å². The van der Waals surface area contributed by atoms with Crippen LogP contribution in [0.1, 0.15) is 18.5 Å². The van der Waals surface area contributed by atoms with Crippen molar-refractivity contribution in [1.82, 2.24) is 10.6 Å². The third-order valence-corrected chi connectivity index (χ3v) is 2.30. The smallest absolute Gasteiger partial charge is 0.413 e. The van der Waals surface area contributed by atoms with Crippen LogP contribution in [0, 0.1) is 0 Å². The second-order valence-corrected chi connectivity index (χ2v) is 3.55. The van der Waals surface area contributed by atoms with E-state index in [4.69, 9.17) is 0 Å². The Balaban J connectivity index is 2.36. The molecule has 0 saturated heterocycles. The van der Waals surface area contributed by atoms with Crippen LogP contribution < -0.4 is 10.6 Å². The number of alkyl carbamates (subject to hydrolysis) is 1. The lowest BCUT2D eigenvalue weighted by molar-refractivity contribution is -0.119. The van der Waals surface area contributed by atoms with E-state index in [0.717, 1.165) is 5.56 Å². The molecule has 0 unspecified atom stereocenters. The predicted octanol–water partition coefficient (Wildman–Crippen LogP) is 1.22. The maximum atomic E-state index is 11.3. The van der Waals surface area contributed by atoms with Crippen LogP contribution in [0.5, 0.6) is 0 Å². The number of rotatable bonds is 4. The molecule has 1 aromatic carbocycles. The molecule has 0 spiro atoms. The zero-order valence-electron chi connectivity index (χ0n) is 9.90. The highest BCUT2D eigenvalue weighted by Gasteiger charge is 2.09. The van der Waals surface area contributed by atoms with Crippen molar-refractivity contribution in [3.8, 4) is 0 Å². The van der Waals surface area contributed by atoms with Crippen LogP contribution in [0.4, 0.5) is 4.79 Å². The van der Waals surface area contributed by atoms with Crippen molar-refractivity contribution in [3.05, 3.63) is 35.9 Å². The second-order valence-electron chi connectivity index (χ2n) is 3.55. The number of hydrogen-bond acceptors (Lipinski definition) is 4. The van der Waals surface area contributed by atoms with Gasteiger partial charge in [-0.25, -0.2) is 4.79 Å². The highest BCUT2D eigenvalue weighted by Crippen LogP contribution is 2.10. The maximum Gasteiger partial charge on any atom is 0.413 e. The molecule has 0 aliphatic heterocycles. The van der Waals surface area contributed by atoms with Crippen molar-refractivity contribution in [1.29, 1.82) is 0 Å². The van der Waals surface area contributed by atoms with Gasteiger partial charge in [0.25, 0.3) is 0 Å². The van der Waals surface area contributed by atoms with Gasteiger partial charge in [0.1, 0.15) is 0 Å². The fraction of sp³-hybridized carbons (Fsp3) is 0.333. The summed E-state index contributed by atoms with van der Waals surface area (Å²) in [6, 6.07) is 9.77.